The molecule has 0 fully saturated rings. The van der Waals surface area contributed by atoms with Crippen molar-refractivity contribution in [3.05, 3.63) is 87.4 Å². The third kappa shape index (κ3) is 5.39. The molecule has 0 aliphatic carbocycles. The molecule has 5 nitrogen and oxygen atoms in total. The lowest BCUT2D eigenvalue weighted by atomic mass is 10.1. The van der Waals surface area contributed by atoms with Gasteiger partial charge >= 0.3 is 0 Å². The van der Waals surface area contributed by atoms with Crippen LogP contribution in [0.4, 0.5) is 11.4 Å². The highest BCUT2D eigenvalue weighted by Crippen LogP contribution is 2.31. The Labute approximate surface area is 192 Å². The maximum Gasteiger partial charge on any atom is 0.264 e. The molecular formula is C23H22Cl2N2O3S. The van der Waals surface area contributed by atoms with Crippen LogP contribution in [0.5, 0.6) is 0 Å². The SMILES string of the molecule is Cc1ccc(S(=O)(=O)N(CC(=O)Nc2c(Cl)cccc2Cl)c2cc(C)cc(C)c2)cc1. The highest BCUT2D eigenvalue weighted by molar-refractivity contribution is 7.92. The van der Waals surface area contributed by atoms with Crippen molar-refractivity contribution in [3.63, 3.8) is 0 Å². The second kappa shape index (κ2) is 9.30. The Balaban J connectivity index is 2.02. The number of rotatable bonds is 6. The second-order valence-electron chi connectivity index (χ2n) is 7.32. The van der Waals surface area contributed by atoms with Gasteiger partial charge in [0.2, 0.25) is 5.91 Å². The number of benzene rings is 3. The van der Waals surface area contributed by atoms with E-state index in [-0.39, 0.29) is 20.6 Å². The topological polar surface area (TPSA) is 66.5 Å². The third-order valence-corrected chi connectivity index (χ3v) is 7.04. The van der Waals surface area contributed by atoms with Gasteiger partial charge in [-0.25, -0.2) is 8.42 Å². The Morgan fingerprint density at radius 3 is 1.97 bits per heavy atom. The fourth-order valence-corrected chi connectivity index (χ4v) is 5.07. The predicted molar refractivity (Wildman–Crippen MR) is 127 cm³/mol. The number of nitrogens with zero attached hydrogens (tertiary/aromatic N) is 1. The predicted octanol–water partition coefficient (Wildman–Crippen LogP) is 5.75. The van der Waals surface area contributed by atoms with Crippen molar-refractivity contribution in [2.75, 3.05) is 16.2 Å². The van der Waals surface area contributed by atoms with Gasteiger partial charge in [0, 0.05) is 0 Å². The molecule has 162 valence electrons. The van der Waals surface area contributed by atoms with Crippen molar-refractivity contribution in [3.8, 4) is 0 Å². The smallest absolute Gasteiger partial charge is 0.264 e. The number of sulfonamides is 1. The molecule has 8 heteroatoms. The lowest BCUT2D eigenvalue weighted by Gasteiger charge is -2.25. The molecule has 0 bridgehead atoms. The Morgan fingerprint density at radius 1 is 0.871 bits per heavy atom. The minimum Gasteiger partial charge on any atom is -0.322 e. The van der Waals surface area contributed by atoms with Crippen molar-refractivity contribution >= 4 is 50.5 Å². The van der Waals surface area contributed by atoms with Gasteiger partial charge in [-0.2, -0.15) is 0 Å². The summed E-state index contributed by atoms with van der Waals surface area (Å²) >= 11 is 12.3. The van der Waals surface area contributed by atoms with Crippen LogP contribution < -0.4 is 9.62 Å². The Bertz CT molecular complexity index is 1190. The molecule has 0 heterocycles. The molecule has 0 radical (unpaired) electrons. The molecular weight excluding hydrogens is 455 g/mol. The number of anilines is 2. The number of hydrogen-bond acceptors (Lipinski definition) is 3. The van der Waals surface area contributed by atoms with Gasteiger partial charge in [0.05, 0.1) is 26.3 Å². The van der Waals surface area contributed by atoms with Crippen molar-refractivity contribution in [1.82, 2.24) is 0 Å². The first kappa shape index (κ1) is 23.1. The van der Waals surface area contributed by atoms with Crippen molar-refractivity contribution in [1.29, 1.82) is 0 Å². The first-order valence-corrected chi connectivity index (χ1v) is 11.7. The van der Waals surface area contributed by atoms with Crippen molar-refractivity contribution in [2.45, 2.75) is 25.7 Å². The number of para-hydroxylation sites is 1. The van der Waals surface area contributed by atoms with Crippen LogP contribution >= 0.6 is 23.2 Å². The largest absolute Gasteiger partial charge is 0.322 e. The van der Waals surface area contributed by atoms with Crippen LogP contribution in [0, 0.1) is 20.8 Å². The first-order chi connectivity index (χ1) is 14.6. The quantitative estimate of drug-likeness (QED) is 0.492. The van der Waals surface area contributed by atoms with Gasteiger partial charge in [-0.05, 0) is 68.3 Å². The molecule has 0 atom stereocenters. The number of amides is 1. The first-order valence-electron chi connectivity index (χ1n) is 9.49. The van der Waals surface area contributed by atoms with E-state index in [9.17, 15) is 13.2 Å². The summed E-state index contributed by atoms with van der Waals surface area (Å²) in [6.07, 6.45) is 0. The lowest BCUT2D eigenvalue weighted by Crippen LogP contribution is -2.38. The molecule has 0 aliphatic rings. The highest BCUT2D eigenvalue weighted by atomic mass is 35.5. The molecule has 0 aromatic heterocycles. The van der Waals surface area contributed by atoms with E-state index in [0.717, 1.165) is 21.0 Å². The summed E-state index contributed by atoms with van der Waals surface area (Å²) in [6.45, 7) is 5.17. The summed E-state index contributed by atoms with van der Waals surface area (Å²) in [5.74, 6) is -0.565. The van der Waals surface area contributed by atoms with Crippen LogP contribution in [0.3, 0.4) is 0 Å². The number of halogens is 2. The number of carbonyl (C=O) groups excluding carboxylic acids is 1. The van der Waals surface area contributed by atoms with Crippen LogP contribution in [-0.2, 0) is 14.8 Å². The van der Waals surface area contributed by atoms with Gasteiger partial charge < -0.3 is 5.32 Å². The number of aryl methyl sites for hydroxylation is 3. The summed E-state index contributed by atoms with van der Waals surface area (Å²) < 4.78 is 28.1. The summed E-state index contributed by atoms with van der Waals surface area (Å²) in [6, 6.07) is 16.7. The molecule has 3 aromatic rings. The summed E-state index contributed by atoms with van der Waals surface area (Å²) in [7, 11) is -4.01. The van der Waals surface area contributed by atoms with Crippen LogP contribution in [0.2, 0.25) is 10.0 Å². The molecule has 3 aromatic carbocycles. The van der Waals surface area contributed by atoms with E-state index in [4.69, 9.17) is 23.2 Å². The molecule has 0 saturated heterocycles. The Kier molecular flexibility index (Phi) is 6.94. The van der Waals surface area contributed by atoms with Crippen molar-refractivity contribution in [2.24, 2.45) is 0 Å². The van der Waals surface area contributed by atoms with E-state index >= 15 is 0 Å². The van der Waals surface area contributed by atoms with Crippen LogP contribution in [0.15, 0.2) is 65.6 Å². The molecule has 1 amide bonds. The maximum absolute atomic E-state index is 13.5. The van der Waals surface area contributed by atoms with E-state index in [1.807, 2.05) is 26.8 Å². The minimum atomic E-state index is -4.01. The van der Waals surface area contributed by atoms with Crippen LogP contribution in [0.25, 0.3) is 0 Å². The van der Waals surface area contributed by atoms with E-state index in [1.54, 1.807) is 42.5 Å². The molecule has 1 N–H and O–H groups in total. The van der Waals surface area contributed by atoms with E-state index < -0.39 is 22.5 Å². The third-order valence-electron chi connectivity index (χ3n) is 4.62. The Morgan fingerprint density at radius 2 is 1.42 bits per heavy atom. The molecule has 31 heavy (non-hydrogen) atoms. The number of hydrogen-bond donors (Lipinski definition) is 1. The molecule has 0 unspecified atom stereocenters. The average molecular weight is 477 g/mol. The monoisotopic (exact) mass is 476 g/mol. The number of carbonyl (C=O) groups is 1. The Hall–Kier alpha value is -2.54. The standard InChI is InChI=1S/C23H22Cl2N2O3S/c1-15-7-9-19(10-8-15)31(29,30)27(18-12-16(2)11-17(3)13-18)14-22(28)26-23-20(24)5-4-6-21(23)25/h4-13H,14H2,1-3H3,(H,26,28). The highest BCUT2D eigenvalue weighted by Gasteiger charge is 2.28. The van der Waals surface area contributed by atoms with Gasteiger partial charge in [0.25, 0.3) is 10.0 Å². The lowest BCUT2D eigenvalue weighted by molar-refractivity contribution is -0.114. The van der Waals surface area contributed by atoms with Gasteiger partial charge in [-0.15, -0.1) is 0 Å². The number of nitrogens with one attached hydrogen (secondary N) is 1. The fourth-order valence-electron chi connectivity index (χ4n) is 3.17. The zero-order chi connectivity index (χ0) is 22.8. The van der Waals surface area contributed by atoms with E-state index in [2.05, 4.69) is 5.32 Å². The zero-order valence-corrected chi connectivity index (χ0v) is 19.6. The van der Waals surface area contributed by atoms with E-state index in [0.29, 0.717) is 5.69 Å². The normalized spacial score (nSPS) is 11.3. The van der Waals surface area contributed by atoms with Gasteiger partial charge in [-0.1, -0.05) is 53.0 Å². The molecule has 3 rings (SSSR count). The summed E-state index contributed by atoms with van der Waals surface area (Å²) in [5.41, 5.74) is 3.34. The van der Waals surface area contributed by atoms with E-state index in [1.165, 1.54) is 12.1 Å². The molecule has 0 saturated carbocycles. The van der Waals surface area contributed by atoms with Gasteiger partial charge in [-0.3, -0.25) is 9.10 Å². The summed E-state index contributed by atoms with van der Waals surface area (Å²) in [4.78, 5) is 13.0. The fraction of sp³-hybridized carbons (Fsp3) is 0.174. The van der Waals surface area contributed by atoms with Crippen LogP contribution in [-0.4, -0.2) is 20.9 Å². The van der Waals surface area contributed by atoms with Crippen molar-refractivity contribution < 1.29 is 13.2 Å². The minimum absolute atomic E-state index is 0.0980. The molecule has 0 aliphatic heterocycles. The second-order valence-corrected chi connectivity index (χ2v) is 9.99. The summed E-state index contributed by atoms with van der Waals surface area (Å²) in [5, 5.41) is 3.16. The van der Waals surface area contributed by atoms with Gasteiger partial charge in [0.1, 0.15) is 6.54 Å². The van der Waals surface area contributed by atoms with Crippen LogP contribution in [0.1, 0.15) is 16.7 Å². The maximum atomic E-state index is 13.5. The average Bonchev–Trinajstić information content (AvgIpc) is 2.68. The molecule has 0 spiro atoms. The van der Waals surface area contributed by atoms with Gasteiger partial charge in [0.15, 0.2) is 0 Å². The zero-order valence-electron chi connectivity index (χ0n) is 17.3.